The molecule has 3 aromatic rings. The molecule has 0 bridgehead atoms. The molecule has 0 aliphatic carbocycles. The number of carbonyl (C=O) groups excluding carboxylic acids is 2. The number of anilines is 2. The summed E-state index contributed by atoms with van der Waals surface area (Å²) in [4.78, 5) is 32.5. The van der Waals surface area contributed by atoms with Gasteiger partial charge in [0.25, 0.3) is 5.91 Å². The summed E-state index contributed by atoms with van der Waals surface area (Å²) >= 11 is 6.10. The van der Waals surface area contributed by atoms with Crippen LogP contribution in [0.5, 0.6) is 0 Å². The van der Waals surface area contributed by atoms with Gasteiger partial charge in [-0.2, -0.15) is 0 Å². The van der Waals surface area contributed by atoms with E-state index in [1.807, 2.05) is 19.9 Å². The Balaban J connectivity index is 1.70. The van der Waals surface area contributed by atoms with Gasteiger partial charge in [0.2, 0.25) is 5.91 Å². The zero-order valence-electron chi connectivity index (χ0n) is 15.9. The first-order valence-corrected chi connectivity index (χ1v) is 9.22. The fraction of sp³-hybridized carbons (Fsp3) is 0.0909. The van der Waals surface area contributed by atoms with E-state index in [1.165, 1.54) is 12.4 Å². The van der Waals surface area contributed by atoms with Crippen LogP contribution in [0.15, 0.2) is 61.2 Å². The molecule has 1 heterocycles. The number of halogens is 1. The second-order valence-electron chi connectivity index (χ2n) is 6.44. The highest BCUT2D eigenvalue weighted by atomic mass is 35.5. The van der Waals surface area contributed by atoms with Crippen LogP contribution < -0.4 is 10.6 Å². The van der Waals surface area contributed by atoms with E-state index in [0.717, 1.165) is 16.7 Å². The lowest BCUT2D eigenvalue weighted by Crippen LogP contribution is -2.13. The molecule has 3 rings (SSSR count). The van der Waals surface area contributed by atoms with Crippen LogP contribution in [0.4, 0.5) is 11.4 Å². The van der Waals surface area contributed by atoms with Crippen molar-refractivity contribution < 1.29 is 9.59 Å². The van der Waals surface area contributed by atoms with Crippen LogP contribution in [0.3, 0.4) is 0 Å². The van der Waals surface area contributed by atoms with E-state index >= 15 is 0 Å². The van der Waals surface area contributed by atoms with Crippen molar-refractivity contribution in [2.45, 2.75) is 13.8 Å². The van der Waals surface area contributed by atoms with Crippen molar-refractivity contribution in [3.63, 3.8) is 0 Å². The average molecular weight is 407 g/mol. The predicted octanol–water partition coefficient (Wildman–Crippen LogP) is 4.65. The first kappa shape index (κ1) is 20.2. The standard InChI is InChI=1S/C22H19ClN4O2/c1-14-3-6-17(9-19(14)23)22(29)26-18-7-4-15(2)20(10-18)27-21(28)8-5-16-11-24-13-25-12-16/h3-13H,1-2H3,(H,26,29)(H,27,28)/b8-5+. The minimum Gasteiger partial charge on any atom is -0.322 e. The molecule has 0 radical (unpaired) electrons. The summed E-state index contributed by atoms with van der Waals surface area (Å²) < 4.78 is 0. The maximum atomic E-state index is 12.5. The molecule has 29 heavy (non-hydrogen) atoms. The minimum absolute atomic E-state index is 0.281. The van der Waals surface area contributed by atoms with Gasteiger partial charge in [-0.3, -0.25) is 9.59 Å². The third-order valence-corrected chi connectivity index (χ3v) is 4.60. The highest BCUT2D eigenvalue weighted by Gasteiger charge is 2.10. The lowest BCUT2D eigenvalue weighted by molar-refractivity contribution is -0.111. The predicted molar refractivity (Wildman–Crippen MR) is 115 cm³/mol. The van der Waals surface area contributed by atoms with Crippen molar-refractivity contribution in [1.82, 2.24) is 9.97 Å². The summed E-state index contributed by atoms with van der Waals surface area (Å²) in [5.74, 6) is -0.581. The molecule has 2 aromatic carbocycles. The zero-order chi connectivity index (χ0) is 20.8. The van der Waals surface area contributed by atoms with Gasteiger partial charge in [-0.25, -0.2) is 9.97 Å². The quantitative estimate of drug-likeness (QED) is 0.604. The van der Waals surface area contributed by atoms with Gasteiger partial charge in [-0.15, -0.1) is 0 Å². The Morgan fingerprint density at radius 3 is 2.41 bits per heavy atom. The van der Waals surface area contributed by atoms with E-state index in [0.29, 0.717) is 22.0 Å². The van der Waals surface area contributed by atoms with Crippen LogP contribution in [-0.2, 0) is 4.79 Å². The Hall–Kier alpha value is -3.51. The van der Waals surface area contributed by atoms with Crippen molar-refractivity contribution in [3.8, 4) is 0 Å². The molecule has 146 valence electrons. The van der Waals surface area contributed by atoms with Gasteiger partial charge in [-0.05, 0) is 55.3 Å². The summed E-state index contributed by atoms with van der Waals surface area (Å²) in [5, 5.41) is 6.16. The molecule has 0 atom stereocenters. The smallest absolute Gasteiger partial charge is 0.255 e. The number of carbonyl (C=O) groups is 2. The molecule has 6 nitrogen and oxygen atoms in total. The number of aromatic nitrogens is 2. The third-order valence-electron chi connectivity index (χ3n) is 4.20. The number of hydrogen-bond acceptors (Lipinski definition) is 4. The van der Waals surface area contributed by atoms with Crippen molar-refractivity contribution in [1.29, 1.82) is 0 Å². The molecule has 0 saturated carbocycles. The fourth-order valence-electron chi connectivity index (χ4n) is 2.51. The number of nitrogens with zero attached hydrogens (tertiary/aromatic N) is 2. The summed E-state index contributed by atoms with van der Waals surface area (Å²) in [6.07, 6.45) is 7.66. The number of benzene rings is 2. The van der Waals surface area contributed by atoms with Crippen LogP contribution >= 0.6 is 11.6 Å². The number of nitrogens with one attached hydrogen (secondary N) is 2. The van der Waals surface area contributed by atoms with E-state index in [4.69, 9.17) is 11.6 Å². The highest BCUT2D eigenvalue weighted by Crippen LogP contribution is 2.22. The van der Waals surface area contributed by atoms with Crippen LogP contribution in [0.25, 0.3) is 6.08 Å². The number of aryl methyl sites for hydroxylation is 2. The van der Waals surface area contributed by atoms with E-state index < -0.39 is 0 Å². The van der Waals surface area contributed by atoms with E-state index in [-0.39, 0.29) is 11.8 Å². The number of amides is 2. The van der Waals surface area contributed by atoms with E-state index in [1.54, 1.807) is 48.8 Å². The molecule has 0 aliphatic heterocycles. The first-order chi connectivity index (χ1) is 13.9. The Bertz CT molecular complexity index is 1080. The fourth-order valence-corrected chi connectivity index (χ4v) is 2.70. The van der Waals surface area contributed by atoms with Crippen molar-refractivity contribution in [2.75, 3.05) is 10.6 Å². The lowest BCUT2D eigenvalue weighted by atomic mass is 10.1. The van der Waals surface area contributed by atoms with Crippen molar-refractivity contribution in [3.05, 3.63) is 88.5 Å². The molecule has 0 fully saturated rings. The second-order valence-corrected chi connectivity index (χ2v) is 6.85. The highest BCUT2D eigenvalue weighted by molar-refractivity contribution is 6.31. The maximum Gasteiger partial charge on any atom is 0.255 e. The van der Waals surface area contributed by atoms with Crippen molar-refractivity contribution >= 4 is 40.9 Å². The third kappa shape index (κ3) is 5.49. The normalized spacial score (nSPS) is 10.7. The summed E-state index contributed by atoms with van der Waals surface area (Å²) in [7, 11) is 0. The molecular weight excluding hydrogens is 388 g/mol. The molecule has 2 amide bonds. The molecule has 7 heteroatoms. The first-order valence-electron chi connectivity index (χ1n) is 8.84. The molecule has 2 N–H and O–H groups in total. The lowest BCUT2D eigenvalue weighted by Gasteiger charge is -2.11. The monoisotopic (exact) mass is 406 g/mol. The average Bonchev–Trinajstić information content (AvgIpc) is 2.71. The topological polar surface area (TPSA) is 84.0 Å². The van der Waals surface area contributed by atoms with Crippen LogP contribution in [0.2, 0.25) is 5.02 Å². The van der Waals surface area contributed by atoms with Gasteiger partial charge in [0.05, 0.1) is 0 Å². The number of rotatable bonds is 5. The molecule has 1 aromatic heterocycles. The summed E-state index contributed by atoms with van der Waals surface area (Å²) in [6, 6.07) is 10.4. The van der Waals surface area contributed by atoms with Gasteiger partial charge in [0, 0.05) is 46.0 Å². The molecular formula is C22H19ClN4O2. The second kappa shape index (κ2) is 9.12. The van der Waals surface area contributed by atoms with Gasteiger partial charge >= 0.3 is 0 Å². The van der Waals surface area contributed by atoms with Gasteiger partial charge in [-0.1, -0.05) is 23.7 Å². The van der Waals surface area contributed by atoms with Gasteiger partial charge in [0.1, 0.15) is 6.33 Å². The van der Waals surface area contributed by atoms with Gasteiger partial charge in [0.15, 0.2) is 0 Å². The van der Waals surface area contributed by atoms with E-state index in [9.17, 15) is 9.59 Å². The summed E-state index contributed by atoms with van der Waals surface area (Å²) in [5.41, 5.74) is 4.11. The van der Waals surface area contributed by atoms with Gasteiger partial charge < -0.3 is 10.6 Å². The Labute approximate surface area is 173 Å². The SMILES string of the molecule is Cc1ccc(C(=O)Nc2ccc(C)c(NC(=O)/C=C/c3cncnc3)c2)cc1Cl. The van der Waals surface area contributed by atoms with Crippen LogP contribution in [0.1, 0.15) is 27.0 Å². The van der Waals surface area contributed by atoms with E-state index in [2.05, 4.69) is 20.6 Å². The molecule has 0 spiro atoms. The minimum atomic E-state index is -0.300. The molecule has 0 saturated heterocycles. The maximum absolute atomic E-state index is 12.5. The molecule has 0 aliphatic rings. The Kier molecular flexibility index (Phi) is 6.36. The van der Waals surface area contributed by atoms with Crippen LogP contribution in [0, 0.1) is 13.8 Å². The summed E-state index contributed by atoms with van der Waals surface area (Å²) in [6.45, 7) is 3.74. The van der Waals surface area contributed by atoms with Crippen LogP contribution in [-0.4, -0.2) is 21.8 Å². The largest absolute Gasteiger partial charge is 0.322 e. The number of hydrogen-bond donors (Lipinski definition) is 2. The zero-order valence-corrected chi connectivity index (χ0v) is 16.7. The Morgan fingerprint density at radius 1 is 0.966 bits per heavy atom. The Morgan fingerprint density at radius 2 is 1.69 bits per heavy atom. The van der Waals surface area contributed by atoms with Crippen molar-refractivity contribution in [2.24, 2.45) is 0 Å². The molecule has 0 unspecified atom stereocenters.